The SMILES string of the molecule is N#Cc1ncc(OC(F)(F)F)c(N)c1I. The zero-order chi connectivity index (χ0) is 11.6. The van der Waals surface area contributed by atoms with Crippen LogP contribution < -0.4 is 10.5 Å². The van der Waals surface area contributed by atoms with Crippen molar-refractivity contribution in [1.82, 2.24) is 4.98 Å². The Labute approximate surface area is 96.0 Å². The van der Waals surface area contributed by atoms with Crippen molar-refractivity contribution in [2.24, 2.45) is 0 Å². The van der Waals surface area contributed by atoms with Crippen LogP contribution in [0.5, 0.6) is 5.75 Å². The molecular weight excluding hydrogens is 326 g/mol. The molecule has 0 fully saturated rings. The molecular formula is C7H3F3IN3O. The number of nitrogen functional groups attached to an aromatic ring is 1. The third-order valence-electron chi connectivity index (χ3n) is 1.35. The molecule has 0 saturated heterocycles. The number of pyridine rings is 1. The second-order valence-electron chi connectivity index (χ2n) is 2.36. The topological polar surface area (TPSA) is 71.9 Å². The van der Waals surface area contributed by atoms with Gasteiger partial charge in [-0.2, -0.15) is 5.26 Å². The number of alkyl halides is 3. The van der Waals surface area contributed by atoms with Gasteiger partial charge in [0.15, 0.2) is 11.4 Å². The first-order valence-corrected chi connectivity index (χ1v) is 4.53. The lowest BCUT2D eigenvalue weighted by atomic mass is 10.3. The van der Waals surface area contributed by atoms with Crippen molar-refractivity contribution in [3.63, 3.8) is 0 Å². The van der Waals surface area contributed by atoms with Gasteiger partial charge in [-0.1, -0.05) is 0 Å². The smallest absolute Gasteiger partial charge is 0.402 e. The van der Waals surface area contributed by atoms with Gasteiger partial charge in [0.05, 0.1) is 15.5 Å². The molecule has 80 valence electrons. The molecule has 1 heterocycles. The van der Waals surface area contributed by atoms with E-state index in [2.05, 4.69) is 9.72 Å². The number of hydrogen-bond donors (Lipinski definition) is 1. The van der Waals surface area contributed by atoms with Crippen molar-refractivity contribution < 1.29 is 17.9 Å². The fourth-order valence-electron chi connectivity index (χ4n) is 0.769. The Hall–Kier alpha value is -1.24. The third kappa shape index (κ3) is 2.85. The summed E-state index contributed by atoms with van der Waals surface area (Å²) in [6.07, 6.45) is -4.06. The molecule has 15 heavy (non-hydrogen) atoms. The molecule has 8 heteroatoms. The Bertz CT molecular complexity index is 427. The summed E-state index contributed by atoms with van der Waals surface area (Å²) >= 11 is 1.62. The Balaban J connectivity index is 3.14. The molecule has 0 saturated carbocycles. The lowest BCUT2D eigenvalue weighted by molar-refractivity contribution is -0.274. The van der Waals surface area contributed by atoms with Crippen LogP contribution in [0.1, 0.15) is 5.69 Å². The molecule has 0 aromatic carbocycles. The summed E-state index contributed by atoms with van der Waals surface area (Å²) < 4.78 is 39.3. The number of aromatic nitrogens is 1. The van der Waals surface area contributed by atoms with Crippen molar-refractivity contribution in [3.05, 3.63) is 15.5 Å². The second kappa shape index (κ2) is 4.09. The number of ether oxygens (including phenoxy) is 1. The van der Waals surface area contributed by atoms with Crippen LogP contribution in [-0.4, -0.2) is 11.3 Å². The molecule has 0 aliphatic rings. The van der Waals surface area contributed by atoms with Gasteiger partial charge >= 0.3 is 6.36 Å². The van der Waals surface area contributed by atoms with Crippen LogP contribution in [-0.2, 0) is 0 Å². The van der Waals surface area contributed by atoms with Gasteiger partial charge in [-0.15, -0.1) is 13.2 Å². The van der Waals surface area contributed by atoms with Gasteiger partial charge in [0.25, 0.3) is 0 Å². The average Bonchev–Trinajstić information content (AvgIpc) is 2.11. The fraction of sp³-hybridized carbons (Fsp3) is 0.143. The number of halogens is 4. The number of anilines is 1. The van der Waals surface area contributed by atoms with Gasteiger partial charge in [0, 0.05) is 0 Å². The second-order valence-corrected chi connectivity index (χ2v) is 3.44. The molecule has 0 aliphatic heterocycles. The first kappa shape index (κ1) is 11.8. The Morgan fingerprint density at radius 2 is 2.13 bits per heavy atom. The van der Waals surface area contributed by atoms with Crippen molar-refractivity contribution >= 4 is 28.3 Å². The van der Waals surface area contributed by atoms with Gasteiger partial charge in [-0.05, 0) is 22.6 Å². The normalized spacial score (nSPS) is 10.9. The van der Waals surface area contributed by atoms with Crippen molar-refractivity contribution in [1.29, 1.82) is 5.26 Å². The quantitative estimate of drug-likeness (QED) is 0.801. The molecule has 0 aliphatic carbocycles. The maximum atomic E-state index is 11.9. The van der Waals surface area contributed by atoms with Crippen molar-refractivity contribution in [3.8, 4) is 11.8 Å². The predicted molar refractivity (Wildman–Crippen MR) is 52.8 cm³/mol. The van der Waals surface area contributed by atoms with E-state index >= 15 is 0 Å². The zero-order valence-electron chi connectivity index (χ0n) is 6.97. The third-order valence-corrected chi connectivity index (χ3v) is 2.44. The summed E-state index contributed by atoms with van der Waals surface area (Å²) in [4.78, 5) is 3.47. The van der Waals surface area contributed by atoms with Crippen molar-refractivity contribution in [2.45, 2.75) is 6.36 Å². The molecule has 0 spiro atoms. The highest BCUT2D eigenvalue weighted by molar-refractivity contribution is 14.1. The molecule has 0 amide bonds. The summed E-state index contributed by atoms with van der Waals surface area (Å²) in [5.41, 5.74) is 5.05. The van der Waals surface area contributed by atoms with Gasteiger partial charge in [-0.25, -0.2) is 4.98 Å². The largest absolute Gasteiger partial charge is 0.573 e. The zero-order valence-corrected chi connectivity index (χ0v) is 9.13. The monoisotopic (exact) mass is 329 g/mol. The van der Waals surface area contributed by atoms with Gasteiger partial charge in [0.2, 0.25) is 0 Å². The summed E-state index contributed by atoms with van der Waals surface area (Å²) in [5, 5.41) is 8.53. The number of nitrogens with two attached hydrogens (primary N) is 1. The summed E-state index contributed by atoms with van der Waals surface area (Å²) in [5.74, 6) is -0.606. The Morgan fingerprint density at radius 1 is 1.53 bits per heavy atom. The Morgan fingerprint density at radius 3 is 2.60 bits per heavy atom. The van der Waals surface area contributed by atoms with Crippen LogP contribution in [0, 0.1) is 14.9 Å². The predicted octanol–water partition coefficient (Wildman–Crippen LogP) is 2.04. The van der Waals surface area contributed by atoms with Crippen LogP contribution in [0.4, 0.5) is 18.9 Å². The first-order chi connectivity index (χ1) is 6.85. The van der Waals surface area contributed by atoms with Gasteiger partial charge in [0.1, 0.15) is 6.07 Å². The van der Waals surface area contributed by atoms with E-state index in [1.54, 1.807) is 28.7 Å². The van der Waals surface area contributed by atoms with Crippen LogP contribution in [0.2, 0.25) is 0 Å². The number of hydrogen-bond acceptors (Lipinski definition) is 4. The molecule has 0 unspecified atom stereocenters. The van der Waals surface area contributed by atoms with E-state index in [1.807, 2.05) is 0 Å². The van der Waals surface area contributed by atoms with Crippen LogP contribution >= 0.6 is 22.6 Å². The van der Waals surface area contributed by atoms with E-state index in [0.717, 1.165) is 6.20 Å². The van der Waals surface area contributed by atoms with Gasteiger partial charge < -0.3 is 10.5 Å². The Kier molecular flexibility index (Phi) is 3.23. The maximum absolute atomic E-state index is 11.9. The van der Waals surface area contributed by atoms with E-state index < -0.39 is 12.1 Å². The molecule has 0 radical (unpaired) electrons. The fourth-order valence-corrected chi connectivity index (χ4v) is 1.29. The number of nitriles is 1. The molecule has 0 bridgehead atoms. The van der Waals surface area contributed by atoms with E-state index in [-0.39, 0.29) is 15.0 Å². The molecule has 4 nitrogen and oxygen atoms in total. The first-order valence-electron chi connectivity index (χ1n) is 3.45. The molecule has 1 aromatic rings. The molecule has 1 aromatic heterocycles. The molecule has 0 atom stereocenters. The van der Waals surface area contributed by atoms with E-state index in [0.29, 0.717) is 0 Å². The van der Waals surface area contributed by atoms with Crippen LogP contribution in [0.3, 0.4) is 0 Å². The van der Waals surface area contributed by atoms with Crippen LogP contribution in [0.25, 0.3) is 0 Å². The summed E-state index contributed by atoms with van der Waals surface area (Å²) in [6, 6.07) is 1.69. The highest BCUT2D eigenvalue weighted by Gasteiger charge is 2.32. The minimum absolute atomic E-state index is 0.0392. The standard InChI is InChI=1S/C7H3F3IN3O/c8-7(9,10)15-4-2-14-3(1-12)5(11)6(4)13/h2H,(H2,13,14). The van der Waals surface area contributed by atoms with E-state index in [1.165, 1.54) is 0 Å². The average molecular weight is 329 g/mol. The highest BCUT2D eigenvalue weighted by atomic mass is 127. The summed E-state index contributed by atoms with van der Waals surface area (Å²) in [7, 11) is 0. The lowest BCUT2D eigenvalue weighted by Gasteiger charge is -2.11. The number of rotatable bonds is 1. The summed E-state index contributed by atoms with van der Waals surface area (Å²) in [6.45, 7) is 0. The van der Waals surface area contributed by atoms with E-state index in [9.17, 15) is 13.2 Å². The van der Waals surface area contributed by atoms with Crippen LogP contribution in [0.15, 0.2) is 6.20 Å². The highest BCUT2D eigenvalue weighted by Crippen LogP contribution is 2.31. The lowest BCUT2D eigenvalue weighted by Crippen LogP contribution is -2.18. The minimum atomic E-state index is -4.83. The van der Waals surface area contributed by atoms with E-state index in [4.69, 9.17) is 11.0 Å². The minimum Gasteiger partial charge on any atom is -0.402 e. The van der Waals surface area contributed by atoms with Crippen molar-refractivity contribution in [2.75, 3.05) is 5.73 Å². The molecule has 2 N–H and O–H groups in total. The maximum Gasteiger partial charge on any atom is 0.573 e. The molecule has 1 rings (SSSR count). The van der Waals surface area contributed by atoms with Gasteiger partial charge in [-0.3, -0.25) is 0 Å². The number of nitrogens with zero attached hydrogens (tertiary/aromatic N) is 2.